The molecule has 1 aromatic rings. The van der Waals surface area contributed by atoms with Gasteiger partial charge in [-0.05, 0) is 71.0 Å². The van der Waals surface area contributed by atoms with Gasteiger partial charge in [0.25, 0.3) is 0 Å². The third-order valence-electron chi connectivity index (χ3n) is 11.8. The second-order valence-corrected chi connectivity index (χ2v) is 17.3. The van der Waals surface area contributed by atoms with Crippen LogP contribution in [0.15, 0.2) is 18.7 Å². The summed E-state index contributed by atoms with van der Waals surface area (Å²) in [4.78, 5) is 32.1. The number of unbranched alkanes of at least 4 members (excludes halogenated alkanes) is 26. The van der Waals surface area contributed by atoms with E-state index in [2.05, 4.69) is 41.4 Å². The molecule has 0 aliphatic carbocycles. The van der Waals surface area contributed by atoms with Crippen molar-refractivity contribution in [2.75, 3.05) is 32.8 Å². The molecule has 1 rings (SSSR count). The topological polar surface area (TPSA) is 73.7 Å². The molecule has 334 valence electrons. The van der Waals surface area contributed by atoms with Crippen LogP contribution in [0.25, 0.3) is 0 Å². The zero-order valence-electron chi connectivity index (χ0n) is 38.3. The summed E-state index contributed by atoms with van der Waals surface area (Å²) in [7, 11) is 0. The van der Waals surface area contributed by atoms with Crippen LogP contribution in [0.5, 0.6) is 0 Å². The van der Waals surface area contributed by atoms with Gasteiger partial charge in [-0.1, -0.05) is 188 Å². The monoisotopic (exact) mass is 802 g/mol. The molecule has 57 heavy (non-hydrogen) atoms. The van der Waals surface area contributed by atoms with Crippen LogP contribution in [0.4, 0.5) is 0 Å². The minimum absolute atomic E-state index is 0.0112. The fourth-order valence-corrected chi connectivity index (χ4v) is 8.02. The standard InChI is InChI=1S/C50H95N3O4/c1-4-7-10-13-16-17-22-29-37-48(36-28-21-15-12-9-6-3)50(55)57-46-34-27-20-25-32-41-52(42-35-43-53-44-39-51-47-53)40-31-24-19-23-30-38-49(54)56-45-33-26-18-14-11-8-5-2/h39,44,47-48H,4-38,40-43,45-46H2,1-3H3. The lowest BCUT2D eigenvalue weighted by Crippen LogP contribution is -2.28. The molecule has 7 nitrogen and oxygen atoms in total. The molecule has 0 aromatic carbocycles. The summed E-state index contributed by atoms with van der Waals surface area (Å²) < 4.78 is 13.5. The SMILES string of the molecule is CCCCCCCCCCC(CCCCCCCC)C(=O)OCCCCCCCN(CCCCCCCC(=O)OCCCCCCCCC)CCCn1ccnc1. The van der Waals surface area contributed by atoms with Crippen LogP contribution in [-0.2, 0) is 25.6 Å². The Labute approximate surface area is 354 Å². The summed E-state index contributed by atoms with van der Waals surface area (Å²) >= 11 is 0. The predicted octanol–water partition coefficient (Wildman–Crippen LogP) is 14.6. The number of hydrogen-bond acceptors (Lipinski definition) is 6. The first-order chi connectivity index (χ1) is 28.1. The molecular weight excluding hydrogens is 707 g/mol. The zero-order chi connectivity index (χ0) is 41.1. The zero-order valence-corrected chi connectivity index (χ0v) is 38.3. The van der Waals surface area contributed by atoms with E-state index in [1.165, 1.54) is 167 Å². The van der Waals surface area contributed by atoms with Gasteiger partial charge in [-0.2, -0.15) is 0 Å². The van der Waals surface area contributed by atoms with Gasteiger partial charge in [-0.3, -0.25) is 9.59 Å². The fourth-order valence-electron chi connectivity index (χ4n) is 8.02. The molecule has 0 radical (unpaired) electrons. The van der Waals surface area contributed by atoms with Crippen LogP contribution < -0.4 is 0 Å². The molecule has 0 saturated heterocycles. The van der Waals surface area contributed by atoms with E-state index < -0.39 is 0 Å². The summed E-state index contributed by atoms with van der Waals surface area (Å²) in [6, 6.07) is 0. The van der Waals surface area contributed by atoms with Crippen molar-refractivity contribution in [2.24, 2.45) is 5.92 Å². The number of aromatic nitrogens is 2. The maximum Gasteiger partial charge on any atom is 0.308 e. The molecule has 0 aliphatic heterocycles. The van der Waals surface area contributed by atoms with Crippen LogP contribution in [0.2, 0.25) is 0 Å². The van der Waals surface area contributed by atoms with E-state index in [0.717, 1.165) is 77.5 Å². The molecule has 0 aliphatic rings. The maximum atomic E-state index is 13.1. The van der Waals surface area contributed by atoms with E-state index in [0.29, 0.717) is 19.6 Å². The van der Waals surface area contributed by atoms with Crippen LogP contribution >= 0.6 is 0 Å². The van der Waals surface area contributed by atoms with Gasteiger partial charge >= 0.3 is 11.9 Å². The highest BCUT2D eigenvalue weighted by Gasteiger charge is 2.19. The van der Waals surface area contributed by atoms with Crippen molar-refractivity contribution in [2.45, 2.75) is 252 Å². The third-order valence-corrected chi connectivity index (χ3v) is 11.8. The number of ether oxygens (including phenoxy) is 2. The van der Waals surface area contributed by atoms with Crippen molar-refractivity contribution in [3.8, 4) is 0 Å². The molecule has 0 bridgehead atoms. The van der Waals surface area contributed by atoms with Gasteiger partial charge in [-0.25, -0.2) is 4.98 Å². The highest BCUT2D eigenvalue weighted by molar-refractivity contribution is 5.72. The molecule has 0 fully saturated rings. The number of carbonyl (C=O) groups excluding carboxylic acids is 2. The molecule has 1 unspecified atom stereocenters. The smallest absolute Gasteiger partial charge is 0.308 e. The van der Waals surface area contributed by atoms with E-state index in [-0.39, 0.29) is 17.9 Å². The normalized spacial score (nSPS) is 12.1. The summed E-state index contributed by atoms with van der Waals surface area (Å²) in [5.41, 5.74) is 0. The Morgan fingerprint density at radius 2 is 0.930 bits per heavy atom. The molecule has 7 heteroatoms. The van der Waals surface area contributed by atoms with Gasteiger partial charge in [0.1, 0.15) is 0 Å². The van der Waals surface area contributed by atoms with Crippen LogP contribution in [-0.4, -0.2) is 59.2 Å². The second kappa shape index (κ2) is 42.2. The van der Waals surface area contributed by atoms with Crippen molar-refractivity contribution in [3.05, 3.63) is 18.7 Å². The number of rotatable bonds is 45. The minimum Gasteiger partial charge on any atom is -0.466 e. The molecule has 0 saturated carbocycles. The van der Waals surface area contributed by atoms with E-state index >= 15 is 0 Å². The van der Waals surface area contributed by atoms with Gasteiger partial charge in [-0.15, -0.1) is 0 Å². The summed E-state index contributed by atoms with van der Waals surface area (Å²) in [5, 5.41) is 0. The van der Waals surface area contributed by atoms with Crippen molar-refractivity contribution >= 4 is 11.9 Å². The van der Waals surface area contributed by atoms with Gasteiger partial charge in [0.15, 0.2) is 0 Å². The third kappa shape index (κ3) is 35.7. The van der Waals surface area contributed by atoms with Gasteiger partial charge < -0.3 is 18.9 Å². The second-order valence-electron chi connectivity index (χ2n) is 17.3. The van der Waals surface area contributed by atoms with Crippen LogP contribution in [0.3, 0.4) is 0 Å². The number of esters is 2. The van der Waals surface area contributed by atoms with Crippen molar-refractivity contribution in [3.63, 3.8) is 0 Å². The average Bonchev–Trinajstić information content (AvgIpc) is 3.74. The molecular formula is C50H95N3O4. The molecule has 0 amide bonds. The van der Waals surface area contributed by atoms with Gasteiger partial charge in [0.2, 0.25) is 0 Å². The molecule has 1 aromatic heterocycles. The summed E-state index contributed by atoms with van der Waals surface area (Å²) in [6.07, 6.45) is 47.9. The van der Waals surface area contributed by atoms with Crippen LogP contribution in [0, 0.1) is 5.92 Å². The largest absolute Gasteiger partial charge is 0.466 e. The first-order valence-corrected chi connectivity index (χ1v) is 25.1. The lowest BCUT2D eigenvalue weighted by Gasteiger charge is -2.22. The Bertz CT molecular complexity index is 971. The van der Waals surface area contributed by atoms with Crippen molar-refractivity contribution < 1.29 is 19.1 Å². The molecule has 1 atom stereocenters. The molecule has 0 N–H and O–H groups in total. The maximum absolute atomic E-state index is 13.1. The van der Waals surface area contributed by atoms with E-state index in [9.17, 15) is 9.59 Å². The number of nitrogens with zero attached hydrogens (tertiary/aromatic N) is 3. The van der Waals surface area contributed by atoms with Gasteiger partial charge in [0, 0.05) is 25.4 Å². The Balaban J connectivity index is 2.25. The van der Waals surface area contributed by atoms with E-state index in [1.807, 2.05) is 12.5 Å². The minimum atomic E-state index is -0.0112. The van der Waals surface area contributed by atoms with Crippen molar-refractivity contribution in [1.29, 1.82) is 0 Å². The lowest BCUT2D eigenvalue weighted by molar-refractivity contribution is -0.149. The predicted molar refractivity (Wildman–Crippen MR) is 243 cm³/mol. The highest BCUT2D eigenvalue weighted by Crippen LogP contribution is 2.21. The Hall–Kier alpha value is -1.89. The van der Waals surface area contributed by atoms with Gasteiger partial charge in [0.05, 0.1) is 25.5 Å². The molecule has 1 heterocycles. The number of imidazole rings is 1. The Kier molecular flexibility index (Phi) is 39.4. The average molecular weight is 802 g/mol. The molecule has 0 spiro atoms. The van der Waals surface area contributed by atoms with Crippen LogP contribution in [0.1, 0.15) is 245 Å². The van der Waals surface area contributed by atoms with E-state index in [4.69, 9.17) is 9.47 Å². The summed E-state index contributed by atoms with van der Waals surface area (Å²) in [6.45, 7) is 12.4. The number of hydrogen-bond donors (Lipinski definition) is 0. The van der Waals surface area contributed by atoms with Crippen molar-refractivity contribution in [1.82, 2.24) is 14.5 Å². The summed E-state index contributed by atoms with van der Waals surface area (Å²) in [5.74, 6) is 0.168. The highest BCUT2D eigenvalue weighted by atomic mass is 16.5. The first kappa shape index (κ1) is 53.1. The fraction of sp³-hybridized carbons (Fsp3) is 0.900. The Morgan fingerprint density at radius 3 is 1.42 bits per heavy atom. The number of carbonyl (C=O) groups is 2. The lowest BCUT2D eigenvalue weighted by atomic mass is 9.94. The quantitative estimate of drug-likeness (QED) is 0.0483. The first-order valence-electron chi connectivity index (χ1n) is 25.1. The van der Waals surface area contributed by atoms with E-state index in [1.54, 1.807) is 0 Å². The number of aryl methyl sites for hydroxylation is 1. The Morgan fingerprint density at radius 1 is 0.509 bits per heavy atom.